The molecule has 1 atom stereocenters. The molecule has 0 spiro atoms. The number of hydrogen-bond acceptors (Lipinski definition) is 3. The zero-order valence-electron chi connectivity index (χ0n) is 11.9. The van der Waals surface area contributed by atoms with Crippen LogP contribution in [0.2, 0.25) is 0 Å². The van der Waals surface area contributed by atoms with Gasteiger partial charge < -0.3 is 10.1 Å². The van der Waals surface area contributed by atoms with Gasteiger partial charge in [-0.1, -0.05) is 0 Å². The van der Waals surface area contributed by atoms with Crippen LogP contribution in [0.3, 0.4) is 0 Å². The highest BCUT2D eigenvalue weighted by molar-refractivity contribution is 7.12. The Kier molecular flexibility index (Phi) is 4.46. The van der Waals surface area contributed by atoms with Gasteiger partial charge >= 0.3 is 6.18 Å². The largest absolute Gasteiger partial charge is 0.497 e. The number of methoxy groups -OCH3 is 1. The lowest BCUT2D eigenvalue weighted by molar-refractivity contribution is -0.137. The number of anilines is 1. The minimum absolute atomic E-state index is 0.0573. The van der Waals surface area contributed by atoms with E-state index in [1.165, 1.54) is 19.2 Å². The minimum atomic E-state index is -4.43. The van der Waals surface area contributed by atoms with Crippen LogP contribution in [0.25, 0.3) is 0 Å². The first-order chi connectivity index (χ1) is 9.81. The number of alkyl halides is 3. The molecular formula is C15H16F3NOS. The lowest BCUT2D eigenvalue weighted by Gasteiger charge is -2.19. The second kappa shape index (κ2) is 5.97. The summed E-state index contributed by atoms with van der Waals surface area (Å²) in [5.41, 5.74) is -0.663. The van der Waals surface area contributed by atoms with Crippen molar-refractivity contribution in [2.45, 2.75) is 26.1 Å². The van der Waals surface area contributed by atoms with Gasteiger partial charge in [0.05, 0.1) is 18.7 Å². The molecule has 0 fully saturated rings. The van der Waals surface area contributed by atoms with Crippen LogP contribution < -0.4 is 10.1 Å². The van der Waals surface area contributed by atoms with E-state index < -0.39 is 11.7 Å². The molecule has 0 saturated heterocycles. The Labute approximate surface area is 125 Å². The van der Waals surface area contributed by atoms with E-state index >= 15 is 0 Å². The molecule has 2 rings (SSSR count). The second-order valence-corrected chi connectivity index (χ2v) is 6.04. The van der Waals surface area contributed by atoms with Crippen molar-refractivity contribution in [3.05, 3.63) is 45.6 Å². The molecule has 0 aliphatic rings. The summed E-state index contributed by atoms with van der Waals surface area (Å²) in [5, 5.41) is 2.93. The molecule has 2 aromatic rings. The maximum atomic E-state index is 13.1. The highest BCUT2D eigenvalue weighted by atomic mass is 32.1. The van der Waals surface area contributed by atoms with Gasteiger partial charge in [0.25, 0.3) is 0 Å². The normalized spacial score (nSPS) is 13.0. The third kappa shape index (κ3) is 3.69. The van der Waals surface area contributed by atoms with Crippen molar-refractivity contribution in [2.24, 2.45) is 0 Å². The van der Waals surface area contributed by atoms with Crippen molar-refractivity contribution in [3.63, 3.8) is 0 Å². The Balaban J connectivity index is 2.31. The zero-order chi connectivity index (χ0) is 15.6. The summed E-state index contributed by atoms with van der Waals surface area (Å²) in [7, 11) is 1.35. The molecule has 6 heteroatoms. The Bertz CT molecular complexity index is 622. The van der Waals surface area contributed by atoms with Gasteiger partial charge in [-0.05, 0) is 44.2 Å². The second-order valence-electron chi connectivity index (χ2n) is 4.72. The number of aryl methyl sites for hydroxylation is 1. The fourth-order valence-electron chi connectivity index (χ4n) is 2.00. The van der Waals surface area contributed by atoms with E-state index in [-0.39, 0.29) is 17.5 Å². The van der Waals surface area contributed by atoms with Gasteiger partial charge in [0, 0.05) is 15.4 Å². The number of rotatable bonds is 4. The van der Waals surface area contributed by atoms with Gasteiger partial charge in [0.15, 0.2) is 0 Å². The predicted molar refractivity (Wildman–Crippen MR) is 79.1 cm³/mol. The van der Waals surface area contributed by atoms with Crippen LogP contribution in [0.15, 0.2) is 30.3 Å². The summed E-state index contributed by atoms with van der Waals surface area (Å²) in [5.74, 6) is 0.187. The Hall–Kier alpha value is -1.69. The van der Waals surface area contributed by atoms with Crippen molar-refractivity contribution in [2.75, 3.05) is 12.4 Å². The van der Waals surface area contributed by atoms with Crippen LogP contribution in [0.1, 0.15) is 28.3 Å². The van der Waals surface area contributed by atoms with Gasteiger partial charge in [0.2, 0.25) is 0 Å². The number of hydrogen-bond donors (Lipinski definition) is 1. The summed E-state index contributed by atoms with van der Waals surface area (Å²) in [6, 6.07) is 7.61. The molecule has 114 valence electrons. The molecule has 1 unspecified atom stereocenters. The third-order valence-corrected chi connectivity index (χ3v) is 4.28. The SMILES string of the molecule is COc1ccc(NC(C)c2ccc(C)s2)c(C(F)(F)F)c1. The third-order valence-electron chi connectivity index (χ3n) is 3.09. The van der Waals surface area contributed by atoms with Crippen LogP contribution in [-0.4, -0.2) is 7.11 Å². The quantitative estimate of drug-likeness (QED) is 0.831. The fourth-order valence-corrected chi connectivity index (χ4v) is 2.88. The number of nitrogens with one attached hydrogen (secondary N) is 1. The summed E-state index contributed by atoms with van der Waals surface area (Å²) in [6.45, 7) is 3.81. The van der Waals surface area contributed by atoms with Crippen molar-refractivity contribution < 1.29 is 17.9 Å². The summed E-state index contributed by atoms with van der Waals surface area (Å²) < 4.78 is 44.3. The Morgan fingerprint density at radius 1 is 1.19 bits per heavy atom. The van der Waals surface area contributed by atoms with Gasteiger partial charge in [-0.2, -0.15) is 13.2 Å². The van der Waals surface area contributed by atoms with Crippen molar-refractivity contribution in [3.8, 4) is 5.75 Å². The molecule has 0 saturated carbocycles. The first kappa shape index (κ1) is 15.7. The van der Waals surface area contributed by atoms with E-state index in [2.05, 4.69) is 5.32 Å². The average molecular weight is 315 g/mol. The van der Waals surface area contributed by atoms with Crippen LogP contribution in [-0.2, 0) is 6.18 Å². The number of benzene rings is 1. The van der Waals surface area contributed by atoms with Crippen LogP contribution in [0.4, 0.5) is 18.9 Å². The van der Waals surface area contributed by atoms with Crippen LogP contribution >= 0.6 is 11.3 Å². The predicted octanol–water partition coefficient (Wildman–Crippen LogP) is 5.26. The highest BCUT2D eigenvalue weighted by Gasteiger charge is 2.34. The van der Waals surface area contributed by atoms with Gasteiger partial charge in [-0.3, -0.25) is 0 Å². The van der Waals surface area contributed by atoms with E-state index in [4.69, 9.17) is 4.74 Å². The fraction of sp³-hybridized carbons (Fsp3) is 0.333. The maximum Gasteiger partial charge on any atom is 0.418 e. The van der Waals surface area contributed by atoms with E-state index in [1.54, 1.807) is 11.3 Å². The van der Waals surface area contributed by atoms with Crippen molar-refractivity contribution in [1.29, 1.82) is 0 Å². The lowest BCUT2D eigenvalue weighted by Crippen LogP contribution is -2.13. The minimum Gasteiger partial charge on any atom is -0.497 e. The molecule has 0 amide bonds. The summed E-state index contributed by atoms with van der Waals surface area (Å²) in [6.07, 6.45) is -4.43. The van der Waals surface area contributed by atoms with Gasteiger partial charge in [0.1, 0.15) is 5.75 Å². The average Bonchev–Trinajstić information content (AvgIpc) is 2.84. The molecule has 1 aromatic heterocycles. The number of halogens is 3. The molecule has 0 radical (unpaired) electrons. The number of thiophene rings is 1. The number of ether oxygens (including phenoxy) is 1. The Morgan fingerprint density at radius 2 is 1.90 bits per heavy atom. The van der Waals surface area contributed by atoms with Crippen LogP contribution in [0, 0.1) is 6.92 Å². The zero-order valence-corrected chi connectivity index (χ0v) is 12.7. The van der Waals surface area contributed by atoms with Crippen LogP contribution in [0.5, 0.6) is 5.75 Å². The maximum absolute atomic E-state index is 13.1. The lowest BCUT2D eigenvalue weighted by atomic mass is 10.1. The van der Waals surface area contributed by atoms with E-state index in [1.807, 2.05) is 26.0 Å². The molecule has 1 N–H and O–H groups in total. The van der Waals surface area contributed by atoms with Gasteiger partial charge in [-0.15, -0.1) is 11.3 Å². The monoisotopic (exact) mass is 315 g/mol. The molecule has 21 heavy (non-hydrogen) atoms. The summed E-state index contributed by atoms with van der Waals surface area (Å²) in [4.78, 5) is 2.13. The molecule has 0 aliphatic carbocycles. The van der Waals surface area contributed by atoms with Gasteiger partial charge in [-0.25, -0.2) is 0 Å². The van der Waals surface area contributed by atoms with E-state index in [9.17, 15) is 13.2 Å². The highest BCUT2D eigenvalue weighted by Crippen LogP contribution is 2.38. The van der Waals surface area contributed by atoms with Crippen molar-refractivity contribution >= 4 is 17.0 Å². The van der Waals surface area contributed by atoms with Crippen molar-refractivity contribution in [1.82, 2.24) is 0 Å². The van der Waals surface area contributed by atoms with E-state index in [0.29, 0.717) is 0 Å². The smallest absolute Gasteiger partial charge is 0.418 e. The molecule has 0 bridgehead atoms. The molecule has 1 aromatic carbocycles. The first-order valence-corrected chi connectivity index (χ1v) is 7.21. The molecule has 0 aliphatic heterocycles. The standard InChI is InChI=1S/C15H16F3NOS/c1-9-4-7-14(21-9)10(2)19-13-6-5-11(20-3)8-12(13)15(16,17)18/h4-8,10,19H,1-3H3. The molecule has 2 nitrogen and oxygen atoms in total. The topological polar surface area (TPSA) is 21.3 Å². The molecular weight excluding hydrogens is 299 g/mol. The van der Waals surface area contributed by atoms with E-state index in [0.717, 1.165) is 15.8 Å². The molecule has 1 heterocycles. The first-order valence-electron chi connectivity index (χ1n) is 6.39. The summed E-state index contributed by atoms with van der Waals surface area (Å²) >= 11 is 1.57. The Morgan fingerprint density at radius 3 is 2.43 bits per heavy atom.